The summed E-state index contributed by atoms with van der Waals surface area (Å²) in [6, 6.07) is 2.79. The number of nitrogens with zero attached hydrogens (tertiary/aromatic N) is 1. The van der Waals surface area contributed by atoms with Gasteiger partial charge in [-0.15, -0.1) is 0 Å². The van der Waals surface area contributed by atoms with Gasteiger partial charge in [0.1, 0.15) is 4.90 Å². The number of ether oxygens (including phenoxy) is 1. The first-order valence-electron chi connectivity index (χ1n) is 6.09. The van der Waals surface area contributed by atoms with Crippen molar-refractivity contribution < 1.29 is 27.4 Å². The largest absolute Gasteiger partial charge is 0.481 e. The van der Waals surface area contributed by atoms with E-state index in [9.17, 15) is 17.6 Å². The molecule has 0 amide bonds. The Labute approximate surface area is 126 Å². The summed E-state index contributed by atoms with van der Waals surface area (Å²) in [7, 11) is -4.18. The Morgan fingerprint density at radius 3 is 2.90 bits per heavy atom. The van der Waals surface area contributed by atoms with E-state index in [2.05, 4.69) is 0 Å². The first-order valence-corrected chi connectivity index (χ1v) is 7.91. The van der Waals surface area contributed by atoms with Crippen molar-refractivity contribution in [1.82, 2.24) is 4.31 Å². The smallest absolute Gasteiger partial charge is 0.305 e. The molecule has 116 valence electrons. The molecule has 0 aliphatic carbocycles. The molecule has 0 saturated carbocycles. The molecule has 9 heteroatoms. The van der Waals surface area contributed by atoms with Gasteiger partial charge >= 0.3 is 5.97 Å². The van der Waals surface area contributed by atoms with Crippen molar-refractivity contribution in [1.29, 1.82) is 0 Å². The van der Waals surface area contributed by atoms with Gasteiger partial charge in [0.2, 0.25) is 10.0 Å². The van der Waals surface area contributed by atoms with Gasteiger partial charge in [0.25, 0.3) is 0 Å². The van der Waals surface area contributed by atoms with Crippen LogP contribution < -0.4 is 0 Å². The Hall–Kier alpha value is -1.22. The molecule has 1 unspecified atom stereocenters. The molecule has 1 aliphatic heterocycles. The van der Waals surface area contributed by atoms with Crippen LogP contribution in [0.2, 0.25) is 5.02 Å². The summed E-state index contributed by atoms with van der Waals surface area (Å²) in [5, 5.41) is 8.54. The number of aliphatic carboxylic acids is 1. The monoisotopic (exact) mass is 337 g/mol. The Morgan fingerprint density at radius 2 is 2.24 bits per heavy atom. The number of benzene rings is 1. The number of carboxylic acid groups (broad SMARTS) is 1. The van der Waals surface area contributed by atoms with Gasteiger partial charge in [-0.3, -0.25) is 4.79 Å². The lowest BCUT2D eigenvalue weighted by Gasteiger charge is -2.33. The highest BCUT2D eigenvalue weighted by molar-refractivity contribution is 7.89. The summed E-state index contributed by atoms with van der Waals surface area (Å²) in [5.41, 5.74) is 0. The quantitative estimate of drug-likeness (QED) is 0.896. The predicted molar refractivity (Wildman–Crippen MR) is 72.2 cm³/mol. The van der Waals surface area contributed by atoms with Crippen molar-refractivity contribution in [2.75, 3.05) is 19.8 Å². The van der Waals surface area contributed by atoms with Crippen molar-refractivity contribution in [3.05, 3.63) is 29.0 Å². The molecule has 0 bridgehead atoms. The Bertz CT molecular complexity index is 651. The summed E-state index contributed by atoms with van der Waals surface area (Å²) >= 11 is 5.60. The van der Waals surface area contributed by atoms with Gasteiger partial charge < -0.3 is 9.84 Å². The van der Waals surface area contributed by atoms with E-state index in [-0.39, 0.29) is 24.8 Å². The van der Waals surface area contributed by atoms with E-state index in [0.717, 1.165) is 10.4 Å². The molecule has 6 nitrogen and oxygen atoms in total. The lowest BCUT2D eigenvalue weighted by Crippen LogP contribution is -2.49. The summed E-state index contributed by atoms with van der Waals surface area (Å²) in [6.07, 6.45) is -0.415. The predicted octanol–water partition coefficient (Wildman–Crippen LogP) is 1.34. The highest BCUT2D eigenvalue weighted by Crippen LogP contribution is 2.27. The maximum absolute atomic E-state index is 14.0. The van der Waals surface area contributed by atoms with Crippen molar-refractivity contribution >= 4 is 27.6 Å². The SMILES string of the molecule is O=C(O)CC1COCCN1S(=O)(=O)c1cccc(Cl)c1F. The van der Waals surface area contributed by atoms with Crippen LogP contribution in [0.1, 0.15) is 6.42 Å². The van der Waals surface area contributed by atoms with Crippen LogP contribution in [0.25, 0.3) is 0 Å². The van der Waals surface area contributed by atoms with Crippen molar-refractivity contribution in [2.24, 2.45) is 0 Å². The molecule has 0 aromatic heterocycles. The molecular formula is C12H13ClFNO5S. The lowest BCUT2D eigenvalue weighted by molar-refractivity contribution is -0.139. The Kier molecular flexibility index (Phi) is 4.82. The number of halogens is 2. The van der Waals surface area contributed by atoms with Crippen LogP contribution in [0.4, 0.5) is 4.39 Å². The van der Waals surface area contributed by atoms with Crippen LogP contribution in [0, 0.1) is 5.82 Å². The number of hydrogen-bond acceptors (Lipinski definition) is 4. The average Bonchev–Trinajstić information content (AvgIpc) is 2.41. The molecule has 1 aliphatic rings. The van der Waals surface area contributed by atoms with Crippen LogP contribution in [0.3, 0.4) is 0 Å². The van der Waals surface area contributed by atoms with E-state index >= 15 is 0 Å². The van der Waals surface area contributed by atoms with E-state index in [1.54, 1.807) is 0 Å². The topological polar surface area (TPSA) is 83.9 Å². The van der Waals surface area contributed by atoms with E-state index < -0.39 is 39.2 Å². The summed E-state index contributed by atoms with van der Waals surface area (Å²) in [5.74, 6) is -2.20. The fraction of sp³-hybridized carbons (Fsp3) is 0.417. The Balaban J connectivity index is 2.40. The second-order valence-electron chi connectivity index (χ2n) is 4.49. The van der Waals surface area contributed by atoms with Crippen LogP contribution in [0.5, 0.6) is 0 Å². The third-order valence-electron chi connectivity index (χ3n) is 3.09. The zero-order valence-corrected chi connectivity index (χ0v) is 12.4. The molecule has 1 aromatic rings. The first kappa shape index (κ1) is 16.2. The van der Waals surface area contributed by atoms with Crippen LogP contribution in [0.15, 0.2) is 23.1 Å². The number of carbonyl (C=O) groups is 1. The number of morpholine rings is 1. The fourth-order valence-corrected chi connectivity index (χ4v) is 4.04. The minimum atomic E-state index is -4.18. The minimum absolute atomic E-state index is 0.0355. The van der Waals surface area contributed by atoms with Gasteiger partial charge in [0, 0.05) is 6.54 Å². The van der Waals surface area contributed by atoms with E-state index in [4.69, 9.17) is 21.4 Å². The van der Waals surface area contributed by atoms with Gasteiger partial charge in [-0.05, 0) is 12.1 Å². The number of rotatable bonds is 4. The molecule has 1 heterocycles. The maximum atomic E-state index is 14.0. The average molecular weight is 338 g/mol. The summed E-state index contributed by atoms with van der Waals surface area (Å²) in [4.78, 5) is 10.3. The third-order valence-corrected chi connectivity index (χ3v) is 5.35. The van der Waals surface area contributed by atoms with Gasteiger partial charge in [0.05, 0.1) is 30.7 Å². The highest BCUT2D eigenvalue weighted by atomic mass is 35.5. The standard InChI is InChI=1S/C12H13ClFNO5S/c13-9-2-1-3-10(12(9)14)21(18,19)15-4-5-20-7-8(15)6-11(16)17/h1-3,8H,4-7H2,(H,16,17). The molecule has 1 atom stereocenters. The van der Waals surface area contributed by atoms with E-state index in [0.29, 0.717) is 0 Å². The van der Waals surface area contributed by atoms with E-state index in [1.165, 1.54) is 12.1 Å². The van der Waals surface area contributed by atoms with Gasteiger partial charge in [-0.25, -0.2) is 12.8 Å². The summed E-state index contributed by atoms with van der Waals surface area (Å²) < 4.78 is 45.1. The maximum Gasteiger partial charge on any atom is 0.305 e. The van der Waals surface area contributed by atoms with Crippen molar-refractivity contribution in [3.8, 4) is 0 Å². The summed E-state index contributed by atoms with van der Waals surface area (Å²) in [6.45, 7) is 0.0392. The molecule has 1 N–H and O–H groups in total. The van der Waals surface area contributed by atoms with Crippen LogP contribution >= 0.6 is 11.6 Å². The lowest BCUT2D eigenvalue weighted by atomic mass is 10.2. The van der Waals surface area contributed by atoms with Crippen molar-refractivity contribution in [3.63, 3.8) is 0 Å². The van der Waals surface area contributed by atoms with Gasteiger partial charge in [0.15, 0.2) is 5.82 Å². The molecule has 2 rings (SSSR count). The molecule has 21 heavy (non-hydrogen) atoms. The molecule has 0 spiro atoms. The van der Waals surface area contributed by atoms with Crippen LogP contribution in [-0.2, 0) is 19.6 Å². The number of hydrogen-bond donors (Lipinski definition) is 1. The normalized spacial score (nSPS) is 20.4. The molecule has 1 aromatic carbocycles. The Morgan fingerprint density at radius 1 is 1.52 bits per heavy atom. The van der Waals surface area contributed by atoms with E-state index in [1.807, 2.05) is 0 Å². The number of carboxylic acids is 1. The number of sulfonamides is 1. The minimum Gasteiger partial charge on any atom is -0.481 e. The first-order chi connectivity index (χ1) is 9.84. The fourth-order valence-electron chi connectivity index (χ4n) is 2.13. The van der Waals surface area contributed by atoms with Gasteiger partial charge in [-0.2, -0.15) is 4.31 Å². The molecular weight excluding hydrogens is 325 g/mol. The molecule has 1 saturated heterocycles. The van der Waals surface area contributed by atoms with Crippen molar-refractivity contribution in [2.45, 2.75) is 17.4 Å². The zero-order valence-electron chi connectivity index (χ0n) is 10.8. The molecule has 1 fully saturated rings. The second kappa shape index (κ2) is 6.27. The second-order valence-corrected chi connectivity index (χ2v) is 6.76. The molecule has 0 radical (unpaired) electrons. The van der Waals surface area contributed by atoms with Crippen LogP contribution in [-0.4, -0.2) is 49.6 Å². The highest BCUT2D eigenvalue weighted by Gasteiger charge is 2.37. The zero-order chi connectivity index (χ0) is 15.6. The third kappa shape index (κ3) is 3.34. The van der Waals surface area contributed by atoms with Gasteiger partial charge in [-0.1, -0.05) is 17.7 Å².